The number of rotatable bonds is 0. The lowest BCUT2D eigenvalue weighted by atomic mass is 9.87. The van der Waals surface area contributed by atoms with Gasteiger partial charge in [0.2, 0.25) is 0 Å². The third-order valence-corrected chi connectivity index (χ3v) is 3.79. The van der Waals surface area contributed by atoms with Crippen LogP contribution in [0, 0.1) is 34.5 Å². The molecule has 2 aliphatic carbocycles. The van der Waals surface area contributed by atoms with Gasteiger partial charge in [-0.1, -0.05) is 12.8 Å². The smallest absolute Gasteiger partial charge is 0.0656 e. The molecule has 0 aromatic heterocycles. The topological polar surface area (TPSA) is 99.6 Å². The van der Waals surface area contributed by atoms with E-state index in [9.17, 15) is 0 Å². The fraction of sp³-hybridized carbons (Fsp3) is 0.857. The minimum atomic E-state index is 0. The fourth-order valence-electron chi connectivity index (χ4n) is 2.69. The van der Waals surface area contributed by atoms with E-state index in [4.69, 9.17) is 22.0 Å². The van der Waals surface area contributed by atoms with Crippen LogP contribution >= 0.6 is 24.8 Å². The molecule has 0 spiro atoms. The highest BCUT2D eigenvalue weighted by molar-refractivity contribution is 5.85. The van der Waals surface area contributed by atoms with Gasteiger partial charge < -0.3 is 11.5 Å². The van der Waals surface area contributed by atoms with Crippen molar-refractivity contribution in [2.24, 2.45) is 23.3 Å². The molecule has 0 aromatic rings. The Bertz CT molecular complexity index is 292. The molecule has 2 rings (SSSR count). The molecule has 0 radical (unpaired) electrons. The average molecular weight is 321 g/mol. The summed E-state index contributed by atoms with van der Waals surface area (Å²) in [6, 6.07) is 5.10. The first-order valence-corrected chi connectivity index (χ1v) is 6.96. The molecular weight excluding hydrogens is 295 g/mol. The van der Waals surface area contributed by atoms with E-state index >= 15 is 0 Å². The first-order chi connectivity index (χ1) is 8.65. The SMILES string of the molecule is Cl.Cl.N#C[C@@H]1CCC[C@H](N)C1.N#C[C@H]1CCC[C@@H](N)C1. The van der Waals surface area contributed by atoms with Crippen LogP contribution in [0.15, 0.2) is 0 Å². The molecule has 4 atom stereocenters. The molecule has 0 saturated heterocycles. The molecule has 0 unspecified atom stereocenters. The summed E-state index contributed by atoms with van der Waals surface area (Å²) in [5.41, 5.74) is 11.3. The first-order valence-electron chi connectivity index (χ1n) is 6.96. The van der Waals surface area contributed by atoms with E-state index in [1.54, 1.807) is 0 Å². The van der Waals surface area contributed by atoms with Crippen LogP contribution in [0.3, 0.4) is 0 Å². The standard InChI is InChI=1S/2C7H12N2.2ClH/c2*8-5-6-2-1-3-7(9)4-6;;/h2*6-7H,1-4,9H2;2*1H/t2*6-,7+;;/m10../s1. The van der Waals surface area contributed by atoms with Crippen molar-refractivity contribution in [2.45, 2.75) is 63.5 Å². The van der Waals surface area contributed by atoms with Crippen LogP contribution < -0.4 is 11.5 Å². The van der Waals surface area contributed by atoms with Gasteiger partial charge in [-0.25, -0.2) is 0 Å². The maximum atomic E-state index is 8.50. The summed E-state index contributed by atoms with van der Waals surface area (Å²) in [5, 5.41) is 17.0. The van der Waals surface area contributed by atoms with Gasteiger partial charge in [0, 0.05) is 23.9 Å². The molecule has 0 heterocycles. The maximum absolute atomic E-state index is 8.50. The number of nitrogens with two attached hydrogens (primary N) is 2. The highest BCUT2D eigenvalue weighted by atomic mass is 35.5. The molecule has 0 aliphatic heterocycles. The van der Waals surface area contributed by atoms with Gasteiger partial charge in [0.25, 0.3) is 0 Å². The second-order valence-electron chi connectivity index (χ2n) is 5.51. The highest BCUT2D eigenvalue weighted by Crippen LogP contribution is 2.22. The van der Waals surface area contributed by atoms with Crippen molar-refractivity contribution in [3.63, 3.8) is 0 Å². The molecule has 0 amide bonds. The van der Waals surface area contributed by atoms with Gasteiger partial charge in [-0.2, -0.15) is 10.5 Å². The monoisotopic (exact) mass is 320 g/mol. The molecule has 4 N–H and O–H groups in total. The molecule has 0 aromatic carbocycles. The summed E-state index contributed by atoms with van der Waals surface area (Å²) < 4.78 is 0. The Morgan fingerprint density at radius 3 is 1.25 bits per heavy atom. The molecule has 20 heavy (non-hydrogen) atoms. The van der Waals surface area contributed by atoms with Gasteiger partial charge in [-0.05, 0) is 38.5 Å². The van der Waals surface area contributed by atoms with Crippen LogP contribution in [0.25, 0.3) is 0 Å². The van der Waals surface area contributed by atoms with E-state index in [0.717, 1.165) is 51.4 Å². The van der Waals surface area contributed by atoms with Crippen molar-refractivity contribution >= 4 is 24.8 Å². The Hall–Kier alpha value is -0.520. The Morgan fingerprint density at radius 2 is 1.05 bits per heavy atom. The second-order valence-corrected chi connectivity index (χ2v) is 5.51. The summed E-state index contributed by atoms with van der Waals surface area (Å²) in [6.45, 7) is 0. The zero-order valence-corrected chi connectivity index (χ0v) is 13.5. The van der Waals surface area contributed by atoms with Gasteiger partial charge in [-0.3, -0.25) is 0 Å². The van der Waals surface area contributed by atoms with Gasteiger partial charge in [0.05, 0.1) is 12.1 Å². The molecular formula is C14H26Cl2N4. The van der Waals surface area contributed by atoms with Crippen LogP contribution in [-0.2, 0) is 0 Å². The Balaban J connectivity index is 0. The van der Waals surface area contributed by atoms with Crippen molar-refractivity contribution in [1.29, 1.82) is 10.5 Å². The lowest BCUT2D eigenvalue weighted by Crippen LogP contribution is -2.27. The minimum absolute atomic E-state index is 0. The third-order valence-electron chi connectivity index (χ3n) is 3.79. The van der Waals surface area contributed by atoms with Crippen molar-refractivity contribution in [3.05, 3.63) is 0 Å². The molecule has 4 nitrogen and oxygen atoms in total. The summed E-state index contributed by atoms with van der Waals surface area (Å²) in [5.74, 6) is 0.488. The van der Waals surface area contributed by atoms with E-state index in [-0.39, 0.29) is 36.6 Å². The fourth-order valence-corrected chi connectivity index (χ4v) is 2.69. The van der Waals surface area contributed by atoms with Crippen LogP contribution in [0.5, 0.6) is 0 Å². The number of halogens is 2. The highest BCUT2D eigenvalue weighted by Gasteiger charge is 2.18. The maximum Gasteiger partial charge on any atom is 0.0656 e. The van der Waals surface area contributed by atoms with Gasteiger partial charge in [-0.15, -0.1) is 24.8 Å². The molecule has 116 valence electrons. The van der Waals surface area contributed by atoms with E-state index in [2.05, 4.69) is 12.1 Å². The zero-order chi connectivity index (χ0) is 13.4. The summed E-state index contributed by atoms with van der Waals surface area (Å²) in [4.78, 5) is 0. The lowest BCUT2D eigenvalue weighted by Gasteiger charge is -2.20. The lowest BCUT2D eigenvalue weighted by molar-refractivity contribution is 0.379. The van der Waals surface area contributed by atoms with E-state index in [1.165, 1.54) is 0 Å². The number of nitriles is 2. The van der Waals surface area contributed by atoms with Crippen LogP contribution in [-0.4, -0.2) is 12.1 Å². The van der Waals surface area contributed by atoms with Crippen molar-refractivity contribution in [2.75, 3.05) is 0 Å². The quantitative estimate of drug-likeness (QED) is 0.716. The summed E-state index contributed by atoms with van der Waals surface area (Å²) in [7, 11) is 0. The van der Waals surface area contributed by atoms with Crippen LogP contribution in [0.4, 0.5) is 0 Å². The number of nitrogens with zero attached hydrogens (tertiary/aromatic N) is 2. The van der Waals surface area contributed by atoms with Gasteiger partial charge in [0.15, 0.2) is 0 Å². The van der Waals surface area contributed by atoms with Crippen LogP contribution in [0.2, 0.25) is 0 Å². The predicted octanol–water partition coefficient (Wildman–Crippen LogP) is 2.90. The summed E-state index contributed by atoms with van der Waals surface area (Å²) >= 11 is 0. The van der Waals surface area contributed by atoms with Gasteiger partial charge >= 0.3 is 0 Å². The largest absolute Gasteiger partial charge is 0.328 e. The number of hydrogen-bond donors (Lipinski definition) is 2. The van der Waals surface area contributed by atoms with E-state index in [1.807, 2.05) is 0 Å². The average Bonchev–Trinajstić information content (AvgIpc) is 2.39. The zero-order valence-electron chi connectivity index (χ0n) is 11.8. The van der Waals surface area contributed by atoms with Crippen LogP contribution in [0.1, 0.15) is 51.4 Å². The molecule has 2 saturated carbocycles. The minimum Gasteiger partial charge on any atom is -0.328 e. The predicted molar refractivity (Wildman–Crippen MR) is 85.6 cm³/mol. The Kier molecular flexibility index (Phi) is 13.3. The van der Waals surface area contributed by atoms with Crippen molar-refractivity contribution < 1.29 is 0 Å². The van der Waals surface area contributed by atoms with E-state index in [0.29, 0.717) is 12.1 Å². The van der Waals surface area contributed by atoms with Gasteiger partial charge in [0.1, 0.15) is 0 Å². The van der Waals surface area contributed by atoms with Crippen molar-refractivity contribution in [3.8, 4) is 12.1 Å². The third kappa shape index (κ3) is 8.61. The first kappa shape index (κ1) is 21.8. The summed E-state index contributed by atoms with van der Waals surface area (Å²) in [6.07, 6.45) is 8.44. The molecule has 2 fully saturated rings. The Morgan fingerprint density at radius 1 is 0.700 bits per heavy atom. The van der Waals surface area contributed by atoms with E-state index < -0.39 is 0 Å². The second kappa shape index (κ2) is 12.2. The normalized spacial score (nSPS) is 32.0. The number of hydrogen-bond acceptors (Lipinski definition) is 4. The molecule has 2 aliphatic rings. The van der Waals surface area contributed by atoms with Crippen molar-refractivity contribution in [1.82, 2.24) is 0 Å². The Labute approximate surface area is 134 Å². The molecule has 6 heteroatoms. The molecule has 0 bridgehead atoms.